The number of rotatable bonds is 6. The van der Waals surface area contributed by atoms with Gasteiger partial charge in [-0.2, -0.15) is 0 Å². The topological polar surface area (TPSA) is 98.0 Å². The maximum absolute atomic E-state index is 12.3. The molecule has 1 amide bonds. The van der Waals surface area contributed by atoms with Crippen LogP contribution in [0.2, 0.25) is 0 Å². The van der Waals surface area contributed by atoms with Gasteiger partial charge in [0.25, 0.3) is 5.91 Å². The Bertz CT molecular complexity index is 795. The fourth-order valence-electron chi connectivity index (χ4n) is 2.72. The van der Waals surface area contributed by atoms with E-state index < -0.39 is 5.97 Å². The number of hydrogen-bond acceptors (Lipinski definition) is 5. The number of furan rings is 1. The van der Waals surface area contributed by atoms with Gasteiger partial charge in [-0.1, -0.05) is 6.07 Å². The van der Waals surface area contributed by atoms with Crippen LogP contribution in [0, 0.1) is 6.92 Å². The van der Waals surface area contributed by atoms with E-state index in [0.29, 0.717) is 43.1 Å². The maximum atomic E-state index is 12.3. The Balaban J connectivity index is 1.60. The zero-order valence-electron chi connectivity index (χ0n) is 13.8. The highest BCUT2D eigenvalue weighted by molar-refractivity contribution is 5.97. The van der Waals surface area contributed by atoms with Crippen molar-refractivity contribution in [2.75, 3.05) is 19.8 Å². The standard InChI is InChI=1S/C18H19NO6/c1-11-10-25-15(9-16(20)21)17(11)18(22)19-5-4-12-2-3-13-14(8-12)24-7-6-23-13/h2-3,8,10H,4-7,9H2,1H3,(H,19,22)(H,20,21). The van der Waals surface area contributed by atoms with Crippen LogP contribution in [0.4, 0.5) is 0 Å². The Morgan fingerprint density at radius 3 is 2.72 bits per heavy atom. The van der Waals surface area contributed by atoms with Gasteiger partial charge in [0, 0.05) is 12.1 Å². The molecule has 2 N–H and O–H groups in total. The molecule has 0 spiro atoms. The van der Waals surface area contributed by atoms with Gasteiger partial charge in [-0.25, -0.2) is 0 Å². The number of carboxylic acids is 1. The number of fused-ring (bicyclic) bond motifs is 1. The summed E-state index contributed by atoms with van der Waals surface area (Å²) in [6, 6.07) is 5.69. The third kappa shape index (κ3) is 3.93. The number of carbonyl (C=O) groups is 2. The Kier molecular flexibility index (Phi) is 4.92. The molecule has 0 aliphatic carbocycles. The Hall–Kier alpha value is -2.96. The lowest BCUT2D eigenvalue weighted by Crippen LogP contribution is -2.27. The molecule has 1 aliphatic rings. The summed E-state index contributed by atoms with van der Waals surface area (Å²) in [5, 5.41) is 11.7. The summed E-state index contributed by atoms with van der Waals surface area (Å²) in [4.78, 5) is 23.2. The summed E-state index contributed by atoms with van der Waals surface area (Å²) in [5.74, 6) is 0.234. The molecule has 0 radical (unpaired) electrons. The SMILES string of the molecule is Cc1coc(CC(=O)O)c1C(=O)NCCc1ccc2c(c1)OCCO2. The number of aliphatic carboxylic acids is 1. The van der Waals surface area contributed by atoms with Gasteiger partial charge in [0.05, 0.1) is 11.8 Å². The van der Waals surface area contributed by atoms with Gasteiger partial charge in [-0.3, -0.25) is 9.59 Å². The van der Waals surface area contributed by atoms with Crippen molar-refractivity contribution in [1.29, 1.82) is 0 Å². The Morgan fingerprint density at radius 1 is 1.20 bits per heavy atom. The molecule has 0 saturated heterocycles. The minimum absolute atomic E-state index is 0.168. The average molecular weight is 345 g/mol. The quantitative estimate of drug-likeness (QED) is 0.830. The van der Waals surface area contributed by atoms with Crippen molar-refractivity contribution < 1.29 is 28.6 Å². The zero-order valence-corrected chi connectivity index (χ0v) is 13.8. The number of amides is 1. The largest absolute Gasteiger partial charge is 0.486 e. The summed E-state index contributed by atoms with van der Waals surface area (Å²) in [6.07, 6.45) is 1.69. The normalized spacial score (nSPS) is 12.7. The number of hydrogen-bond donors (Lipinski definition) is 2. The molecule has 7 heteroatoms. The third-order valence-electron chi connectivity index (χ3n) is 3.90. The van der Waals surface area contributed by atoms with E-state index >= 15 is 0 Å². The molecule has 1 aromatic carbocycles. The van der Waals surface area contributed by atoms with Crippen molar-refractivity contribution in [2.24, 2.45) is 0 Å². The summed E-state index contributed by atoms with van der Waals surface area (Å²) in [6.45, 7) is 3.20. The van der Waals surface area contributed by atoms with E-state index in [9.17, 15) is 9.59 Å². The van der Waals surface area contributed by atoms with Gasteiger partial charge in [-0.05, 0) is 31.0 Å². The van der Waals surface area contributed by atoms with E-state index in [4.69, 9.17) is 19.0 Å². The lowest BCUT2D eigenvalue weighted by Gasteiger charge is -2.18. The second kappa shape index (κ2) is 7.29. The third-order valence-corrected chi connectivity index (χ3v) is 3.90. The molecule has 0 saturated carbocycles. The molecule has 0 fully saturated rings. The number of ether oxygens (including phenoxy) is 2. The maximum Gasteiger partial charge on any atom is 0.311 e. The molecule has 0 unspecified atom stereocenters. The average Bonchev–Trinajstić information content (AvgIpc) is 2.94. The van der Waals surface area contributed by atoms with Gasteiger partial charge in [0.15, 0.2) is 11.5 Å². The van der Waals surface area contributed by atoms with Crippen molar-refractivity contribution >= 4 is 11.9 Å². The first-order valence-corrected chi connectivity index (χ1v) is 8.00. The van der Waals surface area contributed by atoms with Gasteiger partial charge < -0.3 is 24.3 Å². The van der Waals surface area contributed by atoms with Crippen molar-refractivity contribution in [2.45, 2.75) is 19.8 Å². The fourth-order valence-corrected chi connectivity index (χ4v) is 2.72. The van der Waals surface area contributed by atoms with Crippen LogP contribution >= 0.6 is 0 Å². The smallest absolute Gasteiger partial charge is 0.311 e. The van der Waals surface area contributed by atoms with Crippen molar-refractivity contribution in [3.63, 3.8) is 0 Å². The van der Waals surface area contributed by atoms with Crippen LogP contribution in [0.15, 0.2) is 28.9 Å². The molecule has 25 heavy (non-hydrogen) atoms. The highest BCUT2D eigenvalue weighted by atomic mass is 16.6. The Labute approximate surface area is 144 Å². The monoisotopic (exact) mass is 345 g/mol. The van der Waals surface area contributed by atoms with Gasteiger partial charge in [0.2, 0.25) is 0 Å². The second-order valence-corrected chi connectivity index (χ2v) is 5.77. The van der Waals surface area contributed by atoms with Crippen LogP contribution < -0.4 is 14.8 Å². The summed E-state index contributed by atoms with van der Waals surface area (Å²) in [7, 11) is 0. The molecule has 1 aliphatic heterocycles. The van der Waals surface area contributed by atoms with E-state index in [1.165, 1.54) is 6.26 Å². The van der Waals surface area contributed by atoms with E-state index in [-0.39, 0.29) is 18.1 Å². The van der Waals surface area contributed by atoms with Crippen molar-refractivity contribution in [1.82, 2.24) is 5.32 Å². The van der Waals surface area contributed by atoms with Gasteiger partial charge in [-0.15, -0.1) is 0 Å². The van der Waals surface area contributed by atoms with Gasteiger partial charge >= 0.3 is 5.97 Å². The minimum Gasteiger partial charge on any atom is -0.486 e. The van der Waals surface area contributed by atoms with Crippen LogP contribution in [0.5, 0.6) is 11.5 Å². The van der Waals surface area contributed by atoms with Crippen LogP contribution in [0.1, 0.15) is 27.2 Å². The molecule has 132 valence electrons. The van der Waals surface area contributed by atoms with Crippen LogP contribution in [-0.2, 0) is 17.6 Å². The van der Waals surface area contributed by atoms with E-state index in [0.717, 1.165) is 11.3 Å². The molecule has 0 atom stereocenters. The summed E-state index contributed by atoms with van der Waals surface area (Å²) >= 11 is 0. The second-order valence-electron chi connectivity index (χ2n) is 5.77. The molecule has 2 heterocycles. The highest BCUT2D eigenvalue weighted by Crippen LogP contribution is 2.30. The predicted molar refractivity (Wildman–Crippen MR) is 88.3 cm³/mol. The lowest BCUT2D eigenvalue weighted by molar-refractivity contribution is -0.136. The van der Waals surface area contributed by atoms with E-state index in [1.54, 1.807) is 6.92 Å². The number of nitrogens with one attached hydrogen (secondary N) is 1. The van der Waals surface area contributed by atoms with E-state index in [2.05, 4.69) is 5.32 Å². The summed E-state index contributed by atoms with van der Waals surface area (Å²) < 4.78 is 16.2. The van der Waals surface area contributed by atoms with Gasteiger partial charge in [0.1, 0.15) is 25.4 Å². The first-order valence-electron chi connectivity index (χ1n) is 8.00. The molecule has 7 nitrogen and oxygen atoms in total. The molecule has 2 aromatic rings. The molecular formula is C18H19NO6. The molecular weight excluding hydrogens is 326 g/mol. The number of carboxylic acid groups (broad SMARTS) is 1. The zero-order chi connectivity index (χ0) is 17.8. The molecule has 3 rings (SSSR count). The van der Waals surface area contributed by atoms with Crippen LogP contribution in [-0.4, -0.2) is 36.7 Å². The number of benzene rings is 1. The minimum atomic E-state index is -1.04. The first-order chi connectivity index (χ1) is 12.0. The molecule has 1 aromatic heterocycles. The van der Waals surface area contributed by atoms with Crippen molar-refractivity contribution in [3.05, 3.63) is 46.9 Å². The highest BCUT2D eigenvalue weighted by Gasteiger charge is 2.20. The van der Waals surface area contributed by atoms with Crippen molar-refractivity contribution in [3.8, 4) is 11.5 Å². The lowest BCUT2D eigenvalue weighted by atomic mass is 10.1. The fraction of sp³-hybridized carbons (Fsp3) is 0.333. The van der Waals surface area contributed by atoms with Crippen LogP contribution in [0.25, 0.3) is 0 Å². The number of aryl methyl sites for hydroxylation is 1. The predicted octanol–water partition coefficient (Wildman–Crippen LogP) is 1.96. The Morgan fingerprint density at radius 2 is 1.96 bits per heavy atom. The summed E-state index contributed by atoms with van der Waals surface area (Å²) in [5.41, 5.74) is 1.93. The first kappa shape index (κ1) is 16.9. The molecule has 0 bridgehead atoms. The van der Waals surface area contributed by atoms with E-state index in [1.807, 2.05) is 18.2 Å². The number of carbonyl (C=O) groups excluding carboxylic acids is 1. The van der Waals surface area contributed by atoms with Crippen LogP contribution in [0.3, 0.4) is 0 Å².